The molecular weight excluding hydrogens is 413 g/mol. The molecule has 0 radical (unpaired) electrons. The van der Waals surface area contributed by atoms with E-state index in [1.54, 1.807) is 12.1 Å². The van der Waals surface area contributed by atoms with E-state index in [0.29, 0.717) is 18.2 Å². The highest BCUT2D eigenvalue weighted by Gasteiger charge is 2.42. The summed E-state index contributed by atoms with van der Waals surface area (Å²) in [5.74, 6) is 0.0358. The number of aromatic amines is 1. The predicted octanol–water partition coefficient (Wildman–Crippen LogP) is 6.39. The number of hydrogen-bond acceptors (Lipinski definition) is 2. The summed E-state index contributed by atoms with van der Waals surface area (Å²) in [4.78, 5) is 15.4. The highest BCUT2D eigenvalue weighted by atomic mass is 19.1. The molecule has 2 heterocycles. The number of rotatable bonds is 5. The molecule has 0 fully saturated rings. The molecule has 0 spiro atoms. The molecule has 5 rings (SSSR count). The summed E-state index contributed by atoms with van der Waals surface area (Å²) < 4.78 is 13.5. The van der Waals surface area contributed by atoms with E-state index in [1.807, 2.05) is 24.0 Å². The fourth-order valence-corrected chi connectivity index (χ4v) is 4.49. The number of benzene rings is 3. The number of nitrogens with one attached hydrogen (secondary N) is 1. The average Bonchev–Trinajstić information content (AvgIpc) is 3.35. The summed E-state index contributed by atoms with van der Waals surface area (Å²) in [6, 6.07) is 22.7. The minimum Gasteiger partial charge on any atom is -0.322 e. The molecule has 33 heavy (non-hydrogen) atoms. The van der Waals surface area contributed by atoms with E-state index in [1.165, 1.54) is 23.3 Å². The van der Waals surface area contributed by atoms with E-state index in [4.69, 9.17) is 0 Å². The molecule has 0 saturated heterocycles. The lowest BCUT2D eigenvalue weighted by Gasteiger charge is -2.27. The summed E-state index contributed by atoms with van der Waals surface area (Å²) in [6.45, 7) is 6.76. The van der Waals surface area contributed by atoms with Crippen molar-refractivity contribution in [3.8, 4) is 11.3 Å². The van der Waals surface area contributed by atoms with Crippen molar-refractivity contribution >= 4 is 5.91 Å². The molecule has 0 aliphatic carbocycles. The minimum absolute atomic E-state index is 0.0990. The second-order valence-electron chi connectivity index (χ2n) is 9.01. The number of aryl methyl sites for hydroxylation is 1. The number of amides is 1. The van der Waals surface area contributed by atoms with Crippen molar-refractivity contribution in [2.45, 2.75) is 39.3 Å². The molecule has 4 nitrogen and oxygen atoms in total. The van der Waals surface area contributed by atoms with Gasteiger partial charge in [-0.05, 0) is 41.7 Å². The van der Waals surface area contributed by atoms with Gasteiger partial charge in [0.25, 0.3) is 5.91 Å². The van der Waals surface area contributed by atoms with Crippen LogP contribution in [0.2, 0.25) is 0 Å². The molecule has 5 heteroatoms. The lowest BCUT2D eigenvalue weighted by molar-refractivity contribution is 0.0730. The standard InChI is InChI=1S/C28H26FN3O/c1-17(2)20-10-12-22(13-11-20)27-24-25(21-8-4-18(3)5-9-21)30-31-26(24)28(33)32(27)16-19-6-14-23(29)15-7-19/h4-15,17,27H,16H2,1-3H3,(H,30,31). The van der Waals surface area contributed by atoms with Crippen molar-refractivity contribution in [2.24, 2.45) is 0 Å². The van der Waals surface area contributed by atoms with Crippen LogP contribution in [-0.4, -0.2) is 21.0 Å². The zero-order valence-electron chi connectivity index (χ0n) is 19.0. The fourth-order valence-electron chi connectivity index (χ4n) is 4.49. The number of carbonyl (C=O) groups is 1. The molecule has 0 saturated carbocycles. The van der Waals surface area contributed by atoms with Gasteiger partial charge in [-0.15, -0.1) is 0 Å². The Morgan fingerprint density at radius 2 is 1.64 bits per heavy atom. The van der Waals surface area contributed by atoms with Crippen molar-refractivity contribution in [3.63, 3.8) is 0 Å². The lowest BCUT2D eigenvalue weighted by Crippen LogP contribution is -2.29. The Hall–Kier alpha value is -3.73. The summed E-state index contributed by atoms with van der Waals surface area (Å²) >= 11 is 0. The summed E-state index contributed by atoms with van der Waals surface area (Å²) in [7, 11) is 0. The molecule has 1 N–H and O–H groups in total. The molecule has 1 aliphatic heterocycles. The van der Waals surface area contributed by atoms with Crippen LogP contribution in [0.1, 0.15) is 64.1 Å². The van der Waals surface area contributed by atoms with Crippen molar-refractivity contribution in [1.82, 2.24) is 15.1 Å². The van der Waals surface area contributed by atoms with E-state index in [9.17, 15) is 9.18 Å². The molecule has 1 aliphatic rings. The van der Waals surface area contributed by atoms with Gasteiger partial charge in [-0.3, -0.25) is 9.89 Å². The number of fused-ring (bicyclic) bond motifs is 1. The Bertz CT molecular complexity index is 1290. The molecule has 1 amide bonds. The van der Waals surface area contributed by atoms with Gasteiger partial charge in [-0.1, -0.05) is 80.1 Å². The highest BCUT2D eigenvalue weighted by Crippen LogP contribution is 2.43. The van der Waals surface area contributed by atoms with E-state index < -0.39 is 0 Å². The monoisotopic (exact) mass is 439 g/mol. The van der Waals surface area contributed by atoms with Crippen LogP contribution in [0.15, 0.2) is 72.8 Å². The molecule has 1 atom stereocenters. The Balaban J connectivity index is 1.62. The summed E-state index contributed by atoms with van der Waals surface area (Å²) in [6.07, 6.45) is 0. The van der Waals surface area contributed by atoms with E-state index in [2.05, 4.69) is 60.4 Å². The van der Waals surface area contributed by atoms with Crippen molar-refractivity contribution in [1.29, 1.82) is 0 Å². The summed E-state index contributed by atoms with van der Waals surface area (Å²) in [5.41, 5.74) is 7.50. The summed E-state index contributed by atoms with van der Waals surface area (Å²) in [5, 5.41) is 7.54. The number of aromatic nitrogens is 2. The predicted molar refractivity (Wildman–Crippen MR) is 127 cm³/mol. The van der Waals surface area contributed by atoms with Crippen LogP contribution in [-0.2, 0) is 6.54 Å². The second kappa shape index (κ2) is 8.32. The molecule has 166 valence electrons. The van der Waals surface area contributed by atoms with Gasteiger partial charge in [0.05, 0.1) is 11.7 Å². The minimum atomic E-state index is -0.289. The SMILES string of the molecule is Cc1ccc(-c2n[nH]c3c2C(c2ccc(C(C)C)cc2)N(Cc2ccc(F)cc2)C3=O)cc1. The van der Waals surface area contributed by atoms with E-state index in [-0.39, 0.29) is 17.8 Å². The van der Waals surface area contributed by atoms with Gasteiger partial charge in [-0.2, -0.15) is 5.10 Å². The van der Waals surface area contributed by atoms with Crippen LogP contribution in [0.5, 0.6) is 0 Å². The first kappa shape index (κ1) is 21.1. The molecule has 1 aromatic heterocycles. The topological polar surface area (TPSA) is 49.0 Å². The Morgan fingerprint density at radius 3 is 2.27 bits per heavy atom. The van der Waals surface area contributed by atoms with Gasteiger partial charge in [0.2, 0.25) is 0 Å². The quantitative estimate of drug-likeness (QED) is 0.391. The third-order valence-corrected chi connectivity index (χ3v) is 6.37. The number of nitrogens with zero attached hydrogens (tertiary/aromatic N) is 2. The maximum Gasteiger partial charge on any atom is 0.273 e. The lowest BCUT2D eigenvalue weighted by atomic mass is 9.93. The van der Waals surface area contributed by atoms with Gasteiger partial charge in [0, 0.05) is 17.7 Å². The highest BCUT2D eigenvalue weighted by molar-refractivity contribution is 6.00. The Morgan fingerprint density at radius 1 is 0.970 bits per heavy atom. The van der Waals surface area contributed by atoms with Crippen molar-refractivity contribution < 1.29 is 9.18 Å². The Kier molecular flexibility index (Phi) is 5.33. The number of halogens is 1. The van der Waals surface area contributed by atoms with E-state index in [0.717, 1.165) is 27.9 Å². The van der Waals surface area contributed by atoms with Gasteiger partial charge in [0.15, 0.2) is 0 Å². The van der Waals surface area contributed by atoms with Gasteiger partial charge in [-0.25, -0.2) is 4.39 Å². The maximum absolute atomic E-state index is 13.5. The van der Waals surface area contributed by atoms with E-state index >= 15 is 0 Å². The average molecular weight is 440 g/mol. The molecular formula is C28H26FN3O. The molecule has 0 bridgehead atoms. The molecule has 4 aromatic rings. The van der Waals surface area contributed by atoms with Crippen LogP contribution in [0, 0.1) is 12.7 Å². The van der Waals surface area contributed by atoms with Crippen molar-refractivity contribution in [2.75, 3.05) is 0 Å². The third-order valence-electron chi connectivity index (χ3n) is 6.37. The third kappa shape index (κ3) is 3.84. The largest absolute Gasteiger partial charge is 0.322 e. The Labute approximate surface area is 193 Å². The first-order valence-electron chi connectivity index (χ1n) is 11.2. The van der Waals surface area contributed by atoms with Crippen LogP contribution in [0.4, 0.5) is 4.39 Å². The van der Waals surface area contributed by atoms with Gasteiger partial charge < -0.3 is 4.90 Å². The molecule has 1 unspecified atom stereocenters. The number of H-pyrrole nitrogens is 1. The maximum atomic E-state index is 13.5. The smallest absolute Gasteiger partial charge is 0.273 e. The fraction of sp³-hybridized carbons (Fsp3) is 0.214. The first-order valence-corrected chi connectivity index (χ1v) is 11.2. The number of carbonyl (C=O) groups excluding carboxylic acids is 1. The molecule has 3 aromatic carbocycles. The second-order valence-corrected chi connectivity index (χ2v) is 9.01. The van der Waals surface area contributed by atoms with Crippen molar-refractivity contribution in [3.05, 3.63) is 112 Å². The van der Waals surface area contributed by atoms with Crippen LogP contribution < -0.4 is 0 Å². The van der Waals surface area contributed by atoms with Crippen LogP contribution >= 0.6 is 0 Å². The normalized spacial score (nSPS) is 15.4. The zero-order valence-corrected chi connectivity index (χ0v) is 19.0. The number of hydrogen-bond donors (Lipinski definition) is 1. The van der Waals surface area contributed by atoms with Gasteiger partial charge in [0.1, 0.15) is 11.5 Å². The van der Waals surface area contributed by atoms with Gasteiger partial charge >= 0.3 is 0 Å². The first-order chi connectivity index (χ1) is 15.9. The van der Waals surface area contributed by atoms with Crippen LogP contribution in [0.25, 0.3) is 11.3 Å². The van der Waals surface area contributed by atoms with Crippen LogP contribution in [0.3, 0.4) is 0 Å². The zero-order chi connectivity index (χ0) is 23.1.